The molecule has 0 fully saturated rings. The second kappa shape index (κ2) is 5.78. The van der Waals surface area contributed by atoms with Crippen molar-refractivity contribution in [2.75, 3.05) is 0 Å². The normalized spacial score (nSPS) is 11.8. The summed E-state index contributed by atoms with van der Waals surface area (Å²) in [6, 6.07) is 19.8. The molecular weight excluding hydrogens is 279 g/mol. The van der Waals surface area contributed by atoms with Crippen LogP contribution in [0.15, 0.2) is 71.5 Å². The fourth-order valence-electron chi connectivity index (χ4n) is 1.83. The fraction of sp³-hybridized carbons (Fsp3) is 0.0667. The topological polar surface area (TPSA) is 0 Å². The van der Waals surface area contributed by atoms with E-state index in [9.17, 15) is 4.39 Å². The Morgan fingerprint density at radius 2 is 1.29 bits per heavy atom. The minimum atomic E-state index is -0.338. The van der Waals surface area contributed by atoms with Crippen LogP contribution in [0.4, 0.5) is 4.39 Å². The van der Waals surface area contributed by atoms with Gasteiger partial charge in [-0.05, 0) is 33.1 Å². The number of allylic oxidation sites excluding steroid dienone is 1. The number of hydrogen-bond acceptors (Lipinski definition) is 0. The molecule has 2 heteroatoms. The van der Waals surface area contributed by atoms with E-state index in [-0.39, 0.29) is 10.7 Å². The summed E-state index contributed by atoms with van der Waals surface area (Å²) in [6.07, 6.45) is 1.57. The first-order chi connectivity index (χ1) is 8.27. The summed E-state index contributed by atoms with van der Waals surface area (Å²) >= 11 is 2.86. The molecule has 2 aromatic rings. The number of hydrogen-bond donors (Lipinski definition) is 0. The Morgan fingerprint density at radius 1 is 0.882 bits per heavy atom. The van der Waals surface area contributed by atoms with E-state index in [2.05, 4.69) is 15.9 Å². The quantitative estimate of drug-likeness (QED) is 0.744. The van der Waals surface area contributed by atoms with Gasteiger partial charge >= 0.3 is 0 Å². The molecule has 0 aliphatic rings. The summed E-state index contributed by atoms with van der Waals surface area (Å²) in [5.41, 5.74) is 2.15. The molecule has 0 unspecified atom stereocenters. The van der Waals surface area contributed by atoms with Gasteiger partial charge < -0.3 is 0 Å². The van der Waals surface area contributed by atoms with Crippen molar-refractivity contribution >= 4 is 15.9 Å². The average Bonchev–Trinajstić information content (AvgIpc) is 2.38. The van der Waals surface area contributed by atoms with E-state index < -0.39 is 0 Å². The highest BCUT2D eigenvalue weighted by Crippen LogP contribution is 2.28. The van der Waals surface area contributed by atoms with Crippen LogP contribution in [-0.2, 0) is 0 Å². The van der Waals surface area contributed by atoms with Gasteiger partial charge in [-0.3, -0.25) is 0 Å². The lowest BCUT2D eigenvalue weighted by Gasteiger charge is -2.13. The first-order valence-corrected chi connectivity index (χ1v) is 6.19. The Hall–Kier alpha value is -1.41. The van der Waals surface area contributed by atoms with Gasteiger partial charge in [0.2, 0.25) is 0 Å². The van der Waals surface area contributed by atoms with E-state index in [0.717, 1.165) is 11.1 Å². The molecule has 0 amide bonds. The van der Waals surface area contributed by atoms with Gasteiger partial charge in [0.15, 0.2) is 4.74 Å². The predicted octanol–water partition coefficient (Wildman–Crippen LogP) is 5.02. The zero-order chi connectivity index (χ0) is 12.1. The number of rotatable bonds is 3. The smallest absolute Gasteiger partial charge is 0.162 e. The summed E-state index contributed by atoms with van der Waals surface area (Å²) in [7, 11) is 0. The van der Waals surface area contributed by atoms with Crippen molar-refractivity contribution in [3.63, 3.8) is 0 Å². The molecule has 2 aromatic carbocycles. The maximum Gasteiger partial charge on any atom is 0.162 e. The Kier molecular flexibility index (Phi) is 4.10. The zero-order valence-corrected chi connectivity index (χ0v) is 10.8. The van der Waals surface area contributed by atoms with Crippen LogP contribution in [-0.4, -0.2) is 0 Å². The number of halogens is 2. The van der Waals surface area contributed by atoms with Crippen LogP contribution in [0.1, 0.15) is 17.0 Å². The lowest BCUT2D eigenvalue weighted by atomic mass is 9.91. The Balaban J connectivity index is 2.43. The molecule has 0 atom stereocenters. The molecule has 0 saturated heterocycles. The van der Waals surface area contributed by atoms with Crippen LogP contribution in [0.25, 0.3) is 0 Å². The molecule has 0 aromatic heterocycles. The maximum atomic E-state index is 13.1. The van der Waals surface area contributed by atoms with Gasteiger partial charge in [0, 0.05) is 5.92 Å². The van der Waals surface area contributed by atoms with Crippen molar-refractivity contribution in [2.45, 2.75) is 5.92 Å². The average molecular weight is 291 g/mol. The van der Waals surface area contributed by atoms with Crippen molar-refractivity contribution in [3.05, 3.63) is 82.6 Å². The Morgan fingerprint density at radius 3 is 1.65 bits per heavy atom. The molecule has 0 bridgehead atoms. The molecule has 0 saturated carbocycles. The zero-order valence-electron chi connectivity index (χ0n) is 9.18. The molecule has 2 rings (SSSR count). The van der Waals surface area contributed by atoms with E-state index in [4.69, 9.17) is 0 Å². The third kappa shape index (κ3) is 3.27. The van der Waals surface area contributed by atoms with Crippen molar-refractivity contribution in [1.29, 1.82) is 0 Å². The van der Waals surface area contributed by atoms with E-state index in [1.807, 2.05) is 60.7 Å². The molecular formula is C15H12BrF. The lowest BCUT2D eigenvalue weighted by molar-refractivity contribution is 0.695. The van der Waals surface area contributed by atoms with E-state index >= 15 is 0 Å². The van der Waals surface area contributed by atoms with Crippen molar-refractivity contribution in [3.8, 4) is 0 Å². The predicted molar refractivity (Wildman–Crippen MR) is 72.8 cm³/mol. The van der Waals surface area contributed by atoms with Crippen LogP contribution in [0, 0.1) is 0 Å². The summed E-state index contributed by atoms with van der Waals surface area (Å²) in [5, 5.41) is 0. The van der Waals surface area contributed by atoms with Gasteiger partial charge in [-0.25, -0.2) is 0 Å². The molecule has 0 nitrogen and oxygen atoms in total. The molecule has 0 aliphatic carbocycles. The van der Waals surface area contributed by atoms with Gasteiger partial charge in [-0.1, -0.05) is 60.7 Å². The first kappa shape index (κ1) is 12.1. The van der Waals surface area contributed by atoms with Crippen LogP contribution in [0.5, 0.6) is 0 Å². The minimum absolute atomic E-state index is 0.0585. The van der Waals surface area contributed by atoms with Crippen molar-refractivity contribution < 1.29 is 4.39 Å². The van der Waals surface area contributed by atoms with Gasteiger partial charge in [0.1, 0.15) is 0 Å². The molecule has 0 spiro atoms. The highest BCUT2D eigenvalue weighted by molar-refractivity contribution is 9.11. The molecule has 0 radical (unpaired) electrons. The van der Waals surface area contributed by atoms with E-state index in [0.29, 0.717) is 0 Å². The standard InChI is InChI=1S/C15H12BrF/c16-15(17)11-14(12-7-3-1-4-8-12)13-9-5-2-6-10-13/h1-11,14H/b15-11-. The summed E-state index contributed by atoms with van der Waals surface area (Å²) < 4.78 is 12.8. The van der Waals surface area contributed by atoms with E-state index in [1.165, 1.54) is 0 Å². The molecule has 17 heavy (non-hydrogen) atoms. The SMILES string of the molecule is F/C(Br)=C\C(c1ccccc1)c1ccccc1. The summed E-state index contributed by atoms with van der Waals surface area (Å²) in [4.78, 5) is 0. The molecule has 0 N–H and O–H groups in total. The largest absolute Gasteiger partial charge is 0.199 e. The van der Waals surface area contributed by atoms with Crippen molar-refractivity contribution in [1.82, 2.24) is 0 Å². The third-order valence-electron chi connectivity index (χ3n) is 2.61. The second-order valence-corrected chi connectivity index (χ2v) is 4.51. The van der Waals surface area contributed by atoms with Gasteiger partial charge in [-0.15, -0.1) is 0 Å². The highest BCUT2D eigenvalue weighted by atomic mass is 79.9. The first-order valence-electron chi connectivity index (χ1n) is 5.40. The van der Waals surface area contributed by atoms with Crippen molar-refractivity contribution in [2.24, 2.45) is 0 Å². The monoisotopic (exact) mass is 290 g/mol. The number of benzene rings is 2. The Labute approximate surface area is 109 Å². The van der Waals surface area contributed by atoms with Crippen LogP contribution in [0.3, 0.4) is 0 Å². The molecule has 0 heterocycles. The second-order valence-electron chi connectivity index (χ2n) is 3.76. The van der Waals surface area contributed by atoms with Crippen LogP contribution in [0.2, 0.25) is 0 Å². The minimum Gasteiger partial charge on any atom is -0.199 e. The van der Waals surface area contributed by atoms with Crippen LogP contribution < -0.4 is 0 Å². The third-order valence-corrected chi connectivity index (χ3v) is 2.87. The maximum absolute atomic E-state index is 13.1. The van der Waals surface area contributed by atoms with Gasteiger partial charge in [-0.2, -0.15) is 4.39 Å². The van der Waals surface area contributed by atoms with Crippen LogP contribution >= 0.6 is 15.9 Å². The summed E-state index contributed by atoms with van der Waals surface area (Å²) in [6.45, 7) is 0. The van der Waals surface area contributed by atoms with Gasteiger partial charge in [0.25, 0.3) is 0 Å². The highest BCUT2D eigenvalue weighted by Gasteiger charge is 2.11. The fourth-order valence-corrected chi connectivity index (χ4v) is 2.10. The van der Waals surface area contributed by atoms with Gasteiger partial charge in [0.05, 0.1) is 0 Å². The van der Waals surface area contributed by atoms with E-state index in [1.54, 1.807) is 6.08 Å². The molecule has 0 aliphatic heterocycles. The molecule has 86 valence electrons. The lowest BCUT2D eigenvalue weighted by Crippen LogP contribution is -1.97. The Bertz CT molecular complexity index is 447. The summed E-state index contributed by atoms with van der Waals surface area (Å²) in [5.74, 6) is -0.0585.